The topological polar surface area (TPSA) is 81.7 Å². The number of hydrogen-bond acceptors (Lipinski definition) is 8. The highest BCUT2D eigenvalue weighted by Crippen LogP contribution is 2.47. The molecule has 0 aliphatic carbocycles. The molecule has 2 aliphatic rings. The van der Waals surface area contributed by atoms with Crippen LogP contribution in [0.1, 0.15) is 45.3 Å². The van der Waals surface area contributed by atoms with Gasteiger partial charge in [0.2, 0.25) is 0 Å². The Labute approximate surface area is 210 Å². The van der Waals surface area contributed by atoms with E-state index in [0.717, 1.165) is 5.56 Å². The maximum Gasteiger partial charge on any atom is 0.303 e. The second-order valence-electron chi connectivity index (χ2n) is 8.95. The number of methoxy groups -OCH3 is 3. The summed E-state index contributed by atoms with van der Waals surface area (Å²) in [5, 5.41) is 1.19. The molecule has 2 aromatic carbocycles. The quantitative estimate of drug-likeness (QED) is 0.391. The lowest BCUT2D eigenvalue weighted by atomic mass is 9.93. The number of rotatable bonds is 7. The van der Waals surface area contributed by atoms with Crippen LogP contribution < -0.4 is 14.2 Å². The van der Waals surface area contributed by atoms with Gasteiger partial charge in [0.1, 0.15) is 17.6 Å². The lowest BCUT2D eigenvalue weighted by Crippen LogP contribution is -2.42. The molecule has 9 heteroatoms. The minimum absolute atomic E-state index is 0.0944. The van der Waals surface area contributed by atoms with Gasteiger partial charge in [0.05, 0.1) is 51.1 Å². The zero-order chi connectivity index (χ0) is 26.0. The molecule has 0 radical (unpaired) electrons. The fraction of sp³-hybridized carbons (Fsp3) is 0.519. The molecule has 8 nitrogen and oxygen atoms in total. The molecule has 6 atom stereocenters. The lowest BCUT2D eigenvalue weighted by molar-refractivity contribution is -0.227. The monoisotopic (exact) mass is 504 g/mol. The van der Waals surface area contributed by atoms with Crippen LogP contribution in [0.3, 0.4) is 0 Å². The van der Waals surface area contributed by atoms with Gasteiger partial charge >= 0.3 is 5.97 Å². The molecule has 2 aliphatic heterocycles. The normalized spacial score (nSPS) is 28.1. The largest absolute Gasteiger partial charge is 0.496 e. The van der Waals surface area contributed by atoms with E-state index in [-0.39, 0.29) is 36.1 Å². The van der Waals surface area contributed by atoms with Crippen molar-refractivity contribution in [1.29, 1.82) is 0 Å². The van der Waals surface area contributed by atoms with Crippen molar-refractivity contribution in [2.45, 2.75) is 70.4 Å². The van der Waals surface area contributed by atoms with Crippen LogP contribution in [0.4, 0.5) is 4.39 Å². The first-order valence-corrected chi connectivity index (χ1v) is 12.0. The number of benzene rings is 2. The van der Waals surface area contributed by atoms with E-state index in [1.165, 1.54) is 27.2 Å². The third-order valence-corrected chi connectivity index (χ3v) is 6.63. The average molecular weight is 505 g/mol. The standard InChI is InChI=1S/C27H33FO8/c1-14-21(36-24-12-11-20(15(2)34-24)35-16(3)29)9-10-22(33-14)18-8-7-17-23(30-4)13-19(28)27(32-6)25(17)26(18)31-5/h7-8,11-15,20-22,24H,9-10H2,1-6H3/t14-,15+,20-,21+,22-,24+/m0/s1. The van der Waals surface area contributed by atoms with Gasteiger partial charge in [-0.1, -0.05) is 6.07 Å². The van der Waals surface area contributed by atoms with E-state index < -0.39 is 18.2 Å². The summed E-state index contributed by atoms with van der Waals surface area (Å²) < 4.78 is 54.9. The van der Waals surface area contributed by atoms with Gasteiger partial charge in [0, 0.05) is 23.9 Å². The molecule has 2 aromatic rings. The Morgan fingerprint density at radius 1 is 0.972 bits per heavy atom. The zero-order valence-electron chi connectivity index (χ0n) is 21.4. The predicted molar refractivity (Wildman–Crippen MR) is 130 cm³/mol. The van der Waals surface area contributed by atoms with E-state index in [9.17, 15) is 9.18 Å². The summed E-state index contributed by atoms with van der Waals surface area (Å²) in [6.45, 7) is 5.15. The van der Waals surface area contributed by atoms with Gasteiger partial charge in [-0.15, -0.1) is 0 Å². The summed E-state index contributed by atoms with van der Waals surface area (Å²) in [7, 11) is 4.47. The average Bonchev–Trinajstić information content (AvgIpc) is 2.85. The molecule has 0 aromatic heterocycles. The fourth-order valence-electron chi connectivity index (χ4n) is 4.89. The molecule has 0 spiro atoms. The smallest absolute Gasteiger partial charge is 0.303 e. The predicted octanol–water partition coefficient (Wildman–Crippen LogP) is 4.86. The Balaban J connectivity index is 1.53. The first-order chi connectivity index (χ1) is 17.3. The van der Waals surface area contributed by atoms with Gasteiger partial charge in [-0.05, 0) is 44.9 Å². The van der Waals surface area contributed by atoms with Crippen molar-refractivity contribution in [3.8, 4) is 17.2 Å². The second-order valence-corrected chi connectivity index (χ2v) is 8.95. The first kappa shape index (κ1) is 26.2. The number of fused-ring (bicyclic) bond motifs is 1. The van der Waals surface area contributed by atoms with Crippen LogP contribution in [0.25, 0.3) is 10.8 Å². The molecule has 196 valence electrons. The summed E-state index contributed by atoms with van der Waals surface area (Å²) in [5.74, 6) is 0.0852. The number of esters is 1. The van der Waals surface area contributed by atoms with Gasteiger partial charge in [0.15, 0.2) is 17.9 Å². The van der Waals surface area contributed by atoms with Gasteiger partial charge in [0.25, 0.3) is 0 Å². The van der Waals surface area contributed by atoms with E-state index in [1.54, 1.807) is 19.3 Å². The van der Waals surface area contributed by atoms with Crippen LogP contribution in [-0.4, -0.2) is 58.0 Å². The SMILES string of the molecule is COc1cc(F)c(OC)c2c(OC)c([C@@H]3CC[C@@H](O[C@@H]4C=C[C@H](OC(C)=O)[C@@H](C)O4)[C@H](C)O3)ccc12. The number of ether oxygens (including phenoxy) is 7. The maximum absolute atomic E-state index is 14.8. The van der Waals surface area contributed by atoms with Gasteiger partial charge in [-0.3, -0.25) is 4.79 Å². The molecule has 0 saturated carbocycles. The van der Waals surface area contributed by atoms with Crippen LogP contribution in [-0.2, 0) is 23.7 Å². The summed E-state index contributed by atoms with van der Waals surface area (Å²) >= 11 is 0. The molecule has 0 unspecified atom stereocenters. The van der Waals surface area contributed by atoms with Gasteiger partial charge < -0.3 is 33.2 Å². The molecule has 0 amide bonds. The van der Waals surface area contributed by atoms with E-state index in [0.29, 0.717) is 35.1 Å². The number of hydrogen-bond donors (Lipinski definition) is 0. The highest BCUT2D eigenvalue weighted by atomic mass is 19.1. The summed E-state index contributed by atoms with van der Waals surface area (Å²) in [4.78, 5) is 11.2. The van der Waals surface area contributed by atoms with Gasteiger partial charge in [-0.2, -0.15) is 0 Å². The molecule has 2 heterocycles. The van der Waals surface area contributed by atoms with Crippen LogP contribution >= 0.6 is 0 Å². The van der Waals surface area contributed by atoms with Crippen LogP contribution in [0, 0.1) is 5.82 Å². The van der Waals surface area contributed by atoms with Crippen molar-refractivity contribution in [3.05, 3.63) is 41.7 Å². The lowest BCUT2D eigenvalue weighted by Gasteiger charge is -2.38. The molecular formula is C27H33FO8. The van der Waals surface area contributed by atoms with Gasteiger partial charge in [-0.25, -0.2) is 4.39 Å². The molecular weight excluding hydrogens is 471 g/mol. The molecule has 0 N–H and O–H groups in total. The summed E-state index contributed by atoms with van der Waals surface area (Å²) in [5.41, 5.74) is 0.799. The minimum Gasteiger partial charge on any atom is -0.496 e. The fourth-order valence-corrected chi connectivity index (χ4v) is 4.89. The van der Waals surface area contributed by atoms with Crippen LogP contribution in [0.2, 0.25) is 0 Å². The Morgan fingerprint density at radius 3 is 2.33 bits per heavy atom. The third-order valence-electron chi connectivity index (χ3n) is 6.63. The Bertz CT molecular complexity index is 1130. The van der Waals surface area contributed by atoms with Crippen molar-refractivity contribution >= 4 is 16.7 Å². The molecule has 36 heavy (non-hydrogen) atoms. The molecule has 1 saturated heterocycles. The van der Waals surface area contributed by atoms with Crippen LogP contribution in [0.15, 0.2) is 30.4 Å². The van der Waals surface area contributed by atoms with E-state index in [2.05, 4.69) is 0 Å². The zero-order valence-corrected chi connectivity index (χ0v) is 21.4. The number of carbonyl (C=O) groups excluding carboxylic acids is 1. The Morgan fingerprint density at radius 2 is 1.72 bits per heavy atom. The highest BCUT2D eigenvalue weighted by molar-refractivity contribution is 5.99. The summed E-state index contributed by atoms with van der Waals surface area (Å²) in [6.07, 6.45) is 2.87. The van der Waals surface area contributed by atoms with Crippen molar-refractivity contribution in [2.24, 2.45) is 0 Å². The van der Waals surface area contributed by atoms with Crippen molar-refractivity contribution < 1.29 is 42.3 Å². The number of halogens is 1. The van der Waals surface area contributed by atoms with E-state index in [1.807, 2.05) is 26.0 Å². The first-order valence-electron chi connectivity index (χ1n) is 12.0. The minimum atomic E-state index is -0.561. The molecule has 4 rings (SSSR count). The van der Waals surface area contributed by atoms with E-state index >= 15 is 0 Å². The molecule has 1 fully saturated rings. The van der Waals surface area contributed by atoms with Crippen molar-refractivity contribution in [3.63, 3.8) is 0 Å². The molecule has 0 bridgehead atoms. The van der Waals surface area contributed by atoms with Crippen molar-refractivity contribution in [1.82, 2.24) is 0 Å². The third kappa shape index (κ3) is 5.14. The van der Waals surface area contributed by atoms with Crippen LogP contribution in [0.5, 0.6) is 17.2 Å². The maximum atomic E-state index is 14.8. The van der Waals surface area contributed by atoms with E-state index in [4.69, 9.17) is 33.2 Å². The Hall–Kier alpha value is -2.88. The Kier molecular flexibility index (Phi) is 8.02. The second kappa shape index (κ2) is 11.0. The summed E-state index contributed by atoms with van der Waals surface area (Å²) in [6, 6.07) is 5.09. The number of carbonyl (C=O) groups is 1. The van der Waals surface area contributed by atoms with Crippen molar-refractivity contribution in [2.75, 3.05) is 21.3 Å². The highest BCUT2D eigenvalue weighted by Gasteiger charge is 2.35.